The second-order valence-corrected chi connectivity index (χ2v) is 9.60. The fourth-order valence-corrected chi connectivity index (χ4v) is 4.45. The molecular weight excluding hydrogens is 427 g/mol. The fraction of sp³-hybridized carbons (Fsp3) is 0.143. The van der Waals surface area contributed by atoms with E-state index in [4.69, 9.17) is 11.6 Å². The van der Waals surface area contributed by atoms with E-state index in [1.807, 2.05) is 0 Å². The van der Waals surface area contributed by atoms with Gasteiger partial charge in [-0.3, -0.25) is 0 Å². The van der Waals surface area contributed by atoms with Gasteiger partial charge in [-0.25, -0.2) is 27.1 Å². The zero-order chi connectivity index (χ0) is 21.6. The lowest BCUT2D eigenvalue weighted by Gasteiger charge is -2.13. The van der Waals surface area contributed by atoms with Gasteiger partial charge in [-0.1, -0.05) is 17.7 Å². The second-order valence-electron chi connectivity index (χ2n) is 7.04. The summed E-state index contributed by atoms with van der Waals surface area (Å²) in [4.78, 5) is 12.3. The largest absolute Gasteiger partial charge is 0.352 e. The van der Waals surface area contributed by atoms with Gasteiger partial charge in [0, 0.05) is 19.7 Å². The molecule has 4 aromatic rings. The van der Waals surface area contributed by atoms with Crippen molar-refractivity contribution >= 4 is 32.7 Å². The number of nitrogens with zero attached hydrogens (tertiary/aromatic N) is 3. The predicted molar refractivity (Wildman–Crippen MR) is 115 cm³/mol. The average molecular weight is 445 g/mol. The molecule has 0 radical (unpaired) electrons. The summed E-state index contributed by atoms with van der Waals surface area (Å²) >= 11 is 6.16. The Labute approximate surface area is 178 Å². The van der Waals surface area contributed by atoms with Crippen molar-refractivity contribution in [3.05, 3.63) is 65.1 Å². The normalized spacial score (nSPS) is 12.1. The van der Waals surface area contributed by atoms with Gasteiger partial charge in [-0.15, -0.1) is 0 Å². The minimum Gasteiger partial charge on any atom is -0.352 e. The van der Waals surface area contributed by atoms with Crippen LogP contribution in [0.3, 0.4) is 0 Å². The number of aryl methyl sites for hydroxylation is 1. The number of hydrogen-bond donors (Lipinski definition) is 1. The van der Waals surface area contributed by atoms with E-state index in [1.165, 1.54) is 30.5 Å². The highest BCUT2D eigenvalue weighted by atomic mass is 35.5. The molecule has 4 rings (SSSR count). The van der Waals surface area contributed by atoms with E-state index in [2.05, 4.69) is 15.0 Å². The maximum Gasteiger partial charge on any atom is 0.242 e. The van der Waals surface area contributed by atoms with Crippen molar-refractivity contribution in [1.82, 2.24) is 19.3 Å². The molecule has 2 aromatic heterocycles. The number of aromatic amines is 1. The van der Waals surface area contributed by atoms with Gasteiger partial charge in [0.15, 0.2) is 5.82 Å². The number of H-pyrrole nitrogens is 1. The van der Waals surface area contributed by atoms with E-state index >= 15 is 0 Å². The van der Waals surface area contributed by atoms with Gasteiger partial charge in [0.1, 0.15) is 5.82 Å². The first-order valence-electron chi connectivity index (χ1n) is 9.02. The lowest BCUT2D eigenvalue weighted by molar-refractivity contribution is 0.520. The minimum atomic E-state index is -3.53. The van der Waals surface area contributed by atoms with Crippen molar-refractivity contribution in [2.24, 2.45) is 0 Å². The molecule has 0 unspecified atom stereocenters. The third-order valence-corrected chi connectivity index (χ3v) is 6.94. The molecule has 0 bridgehead atoms. The Hall–Kier alpha value is -2.81. The lowest BCUT2D eigenvalue weighted by atomic mass is 10.1. The first-order chi connectivity index (χ1) is 14.2. The van der Waals surface area contributed by atoms with Crippen molar-refractivity contribution < 1.29 is 12.8 Å². The van der Waals surface area contributed by atoms with Gasteiger partial charge in [-0.2, -0.15) is 0 Å². The number of aromatic nitrogens is 3. The van der Waals surface area contributed by atoms with E-state index in [-0.39, 0.29) is 10.5 Å². The molecule has 0 aliphatic carbocycles. The van der Waals surface area contributed by atoms with E-state index in [1.54, 1.807) is 43.5 Å². The smallest absolute Gasteiger partial charge is 0.242 e. The number of sulfonamides is 1. The molecular formula is C21H18ClFN4O2S. The first kappa shape index (κ1) is 20.5. The van der Waals surface area contributed by atoms with Crippen LogP contribution < -0.4 is 0 Å². The predicted octanol–water partition coefficient (Wildman–Crippen LogP) is 4.64. The van der Waals surface area contributed by atoms with Crippen LogP contribution in [0.15, 0.2) is 53.6 Å². The fourth-order valence-electron chi connectivity index (χ4n) is 3.20. The number of rotatable bonds is 4. The first-order valence-corrected chi connectivity index (χ1v) is 10.8. The van der Waals surface area contributed by atoms with E-state index in [9.17, 15) is 12.8 Å². The molecule has 9 heteroatoms. The van der Waals surface area contributed by atoms with E-state index < -0.39 is 15.8 Å². The van der Waals surface area contributed by atoms with Crippen LogP contribution in [0.5, 0.6) is 0 Å². The van der Waals surface area contributed by atoms with Crippen molar-refractivity contribution in [2.45, 2.75) is 11.8 Å². The molecule has 0 saturated carbocycles. The Morgan fingerprint density at radius 2 is 1.90 bits per heavy atom. The molecule has 30 heavy (non-hydrogen) atoms. The lowest BCUT2D eigenvalue weighted by Crippen LogP contribution is -2.22. The Kier molecular flexibility index (Phi) is 5.09. The highest BCUT2D eigenvalue weighted by Crippen LogP contribution is 2.32. The summed E-state index contributed by atoms with van der Waals surface area (Å²) < 4.78 is 40.1. The van der Waals surface area contributed by atoms with E-state index in [0.29, 0.717) is 33.1 Å². The van der Waals surface area contributed by atoms with Crippen LogP contribution in [-0.4, -0.2) is 41.8 Å². The molecule has 1 N–H and O–H groups in total. The summed E-state index contributed by atoms with van der Waals surface area (Å²) in [5, 5.41) is 0.295. The van der Waals surface area contributed by atoms with Crippen molar-refractivity contribution in [2.75, 3.05) is 14.1 Å². The molecule has 0 spiro atoms. The summed E-state index contributed by atoms with van der Waals surface area (Å²) in [6.07, 6.45) is 1.61. The van der Waals surface area contributed by atoms with Crippen molar-refractivity contribution in [1.29, 1.82) is 0 Å². The molecule has 0 aliphatic heterocycles. The van der Waals surface area contributed by atoms with Gasteiger partial charge in [0.25, 0.3) is 0 Å². The molecule has 0 fully saturated rings. The quantitative estimate of drug-likeness (QED) is 0.497. The summed E-state index contributed by atoms with van der Waals surface area (Å²) in [6.45, 7) is 1.80. The van der Waals surface area contributed by atoms with Gasteiger partial charge in [0.05, 0.1) is 38.4 Å². The molecule has 0 atom stereocenters. The topological polar surface area (TPSA) is 79.0 Å². The van der Waals surface area contributed by atoms with Gasteiger partial charge in [0.2, 0.25) is 10.0 Å². The summed E-state index contributed by atoms with van der Waals surface area (Å²) in [6, 6.07) is 11.0. The summed E-state index contributed by atoms with van der Waals surface area (Å²) in [5.74, 6) is 0.00903. The van der Waals surface area contributed by atoms with Crippen molar-refractivity contribution in [3.63, 3.8) is 0 Å². The number of halogens is 2. The highest BCUT2D eigenvalue weighted by Gasteiger charge is 2.19. The van der Waals surface area contributed by atoms with E-state index in [0.717, 1.165) is 5.56 Å². The van der Waals surface area contributed by atoms with Crippen LogP contribution in [0.25, 0.3) is 33.7 Å². The van der Waals surface area contributed by atoms with Gasteiger partial charge in [-0.05, 0) is 48.9 Å². The molecule has 0 saturated heterocycles. The average Bonchev–Trinajstić information content (AvgIpc) is 3.10. The number of fused-ring (bicyclic) bond motifs is 1. The van der Waals surface area contributed by atoms with Crippen LogP contribution in [0.2, 0.25) is 5.02 Å². The Morgan fingerprint density at radius 1 is 1.13 bits per heavy atom. The van der Waals surface area contributed by atoms with Crippen LogP contribution >= 0.6 is 11.6 Å². The maximum absolute atomic E-state index is 14.3. The number of hydrogen-bond acceptors (Lipinski definition) is 4. The molecule has 154 valence electrons. The molecule has 2 aromatic carbocycles. The number of benzene rings is 2. The molecule has 2 heterocycles. The number of nitrogens with one attached hydrogen (secondary N) is 1. The van der Waals surface area contributed by atoms with Crippen LogP contribution in [0.4, 0.5) is 4.39 Å². The molecule has 0 aliphatic rings. The minimum absolute atomic E-state index is 0.202. The molecule has 6 nitrogen and oxygen atoms in total. The van der Waals surface area contributed by atoms with Crippen LogP contribution in [0, 0.1) is 12.7 Å². The zero-order valence-corrected chi connectivity index (χ0v) is 18.0. The monoisotopic (exact) mass is 444 g/mol. The standard InChI is InChI=1S/C21H18ClFN4O2S/c1-12-9-13(30(28,29)27(2)3)7-8-14(12)21-24-11-19-17(26-21)10-18(25-19)20-15(22)5-4-6-16(20)23/h4-11,25H,1-3H3. The molecule has 0 amide bonds. The third-order valence-electron chi connectivity index (χ3n) is 4.82. The summed E-state index contributed by atoms with van der Waals surface area (Å²) in [7, 11) is -0.555. The Bertz CT molecular complexity index is 1360. The van der Waals surface area contributed by atoms with Crippen LogP contribution in [0.1, 0.15) is 5.56 Å². The third kappa shape index (κ3) is 3.47. The van der Waals surface area contributed by atoms with Gasteiger partial charge < -0.3 is 4.98 Å². The van der Waals surface area contributed by atoms with Crippen LogP contribution in [-0.2, 0) is 10.0 Å². The SMILES string of the molecule is Cc1cc(S(=O)(=O)N(C)C)ccc1-c1ncc2[nH]c(-c3c(F)cccc3Cl)cc2n1. The summed E-state index contributed by atoms with van der Waals surface area (Å²) in [5.41, 5.74) is 3.44. The second kappa shape index (κ2) is 7.46. The zero-order valence-electron chi connectivity index (χ0n) is 16.4. The maximum atomic E-state index is 14.3. The highest BCUT2D eigenvalue weighted by molar-refractivity contribution is 7.89. The van der Waals surface area contributed by atoms with Gasteiger partial charge >= 0.3 is 0 Å². The van der Waals surface area contributed by atoms with Crippen molar-refractivity contribution in [3.8, 4) is 22.6 Å². The Morgan fingerprint density at radius 3 is 2.57 bits per heavy atom. The Balaban J connectivity index is 1.78.